The van der Waals surface area contributed by atoms with Crippen LogP contribution in [-0.2, 0) is 4.79 Å². The van der Waals surface area contributed by atoms with Crippen LogP contribution < -0.4 is 20.1 Å². The molecule has 0 saturated carbocycles. The highest BCUT2D eigenvalue weighted by Crippen LogP contribution is 2.34. The lowest BCUT2D eigenvalue weighted by atomic mass is 10.2. The molecule has 142 valence electrons. The summed E-state index contributed by atoms with van der Waals surface area (Å²) >= 11 is 7.43. The van der Waals surface area contributed by atoms with Gasteiger partial charge in [0.2, 0.25) is 0 Å². The normalized spacial score (nSPS) is 17.7. The van der Waals surface area contributed by atoms with Crippen LogP contribution in [0.15, 0.2) is 41.3 Å². The van der Waals surface area contributed by atoms with Gasteiger partial charge >= 0.3 is 0 Å². The molecule has 0 spiro atoms. The van der Waals surface area contributed by atoms with Crippen molar-refractivity contribution in [2.24, 2.45) is 0 Å². The second-order valence-corrected chi connectivity index (χ2v) is 7.51. The lowest BCUT2D eigenvalue weighted by Gasteiger charge is -2.15. The maximum Gasteiger partial charge on any atom is 0.260 e. The van der Waals surface area contributed by atoms with Crippen LogP contribution >= 0.6 is 23.4 Å². The van der Waals surface area contributed by atoms with Crippen molar-refractivity contribution in [2.45, 2.75) is 19.3 Å². The van der Waals surface area contributed by atoms with E-state index in [0.717, 1.165) is 16.8 Å². The number of amides is 1. The number of anilines is 1. The summed E-state index contributed by atoms with van der Waals surface area (Å²) in [6.45, 7) is 4.45. The smallest absolute Gasteiger partial charge is 0.260 e. The van der Waals surface area contributed by atoms with Crippen LogP contribution in [0.4, 0.5) is 5.69 Å². The minimum absolute atomic E-state index is 0.114. The van der Waals surface area contributed by atoms with Crippen molar-refractivity contribution >= 4 is 41.0 Å². The van der Waals surface area contributed by atoms with Crippen LogP contribution in [0.25, 0.3) is 6.08 Å². The van der Waals surface area contributed by atoms with E-state index in [1.165, 1.54) is 11.8 Å². The van der Waals surface area contributed by atoms with E-state index in [1.807, 2.05) is 56.3 Å². The number of ether oxygens (including phenoxy) is 2. The first-order valence-corrected chi connectivity index (χ1v) is 9.78. The highest BCUT2D eigenvalue weighted by Gasteiger charge is 2.27. The molecule has 1 fully saturated rings. The molecule has 1 unspecified atom stereocenters. The fraction of sp³-hybridized carbons (Fsp3) is 0.250. The highest BCUT2D eigenvalue weighted by molar-refractivity contribution is 8.05. The lowest BCUT2D eigenvalue weighted by molar-refractivity contribution is -0.116. The molecule has 1 aliphatic rings. The summed E-state index contributed by atoms with van der Waals surface area (Å²) in [4.78, 5) is 13.0. The van der Waals surface area contributed by atoms with E-state index in [1.54, 1.807) is 7.11 Å². The van der Waals surface area contributed by atoms with E-state index in [9.17, 15) is 4.79 Å². The van der Waals surface area contributed by atoms with Gasteiger partial charge in [0.25, 0.3) is 5.91 Å². The number of methoxy groups -OCH3 is 1. The third kappa shape index (κ3) is 4.70. The first-order valence-electron chi connectivity index (χ1n) is 8.53. The molecule has 5 nitrogen and oxygen atoms in total. The molecule has 0 radical (unpaired) electrons. The molecule has 2 N–H and O–H groups in total. The highest BCUT2D eigenvalue weighted by atomic mass is 35.5. The largest absolute Gasteiger partial charge is 0.493 e. The van der Waals surface area contributed by atoms with E-state index >= 15 is 0 Å². The van der Waals surface area contributed by atoms with Crippen molar-refractivity contribution in [1.29, 1.82) is 0 Å². The molecule has 27 heavy (non-hydrogen) atoms. The molecule has 1 atom stereocenters. The third-order valence-corrected chi connectivity index (χ3v) is 5.25. The molecule has 1 saturated heterocycles. The molecule has 0 aliphatic carbocycles. The molecule has 2 aromatic rings. The van der Waals surface area contributed by atoms with Gasteiger partial charge in [0.05, 0.1) is 18.6 Å². The Morgan fingerprint density at radius 2 is 2.07 bits per heavy atom. The average molecular weight is 405 g/mol. The molecule has 7 heteroatoms. The number of carbonyl (C=O) groups excluding carboxylic acids is 1. The van der Waals surface area contributed by atoms with Crippen molar-refractivity contribution in [2.75, 3.05) is 19.0 Å². The lowest BCUT2D eigenvalue weighted by Crippen LogP contribution is -2.31. The number of carbonyl (C=O) groups is 1. The van der Waals surface area contributed by atoms with Gasteiger partial charge < -0.3 is 20.1 Å². The number of aryl methyl sites for hydroxylation is 1. The summed E-state index contributed by atoms with van der Waals surface area (Å²) in [6.07, 6.45) is 1.84. The summed E-state index contributed by atoms with van der Waals surface area (Å²) in [7, 11) is 1.60. The monoisotopic (exact) mass is 404 g/mol. The molecule has 3 rings (SSSR count). The molecule has 0 bridgehead atoms. The standard InChI is InChI=1S/C20H21ClN2O3S/c1-4-26-16-8-5-13(10-17(16)25-3)11-18-19(24)23-20(27-18)22-15-7-6-14(21)9-12(15)2/h5-11,20,22H,4H2,1-3H3,(H,23,24)/b18-11-. The summed E-state index contributed by atoms with van der Waals surface area (Å²) in [6, 6.07) is 11.2. The fourth-order valence-corrected chi connectivity index (χ4v) is 3.90. The van der Waals surface area contributed by atoms with Gasteiger partial charge in [-0.1, -0.05) is 29.4 Å². The molecule has 0 aromatic heterocycles. The first kappa shape index (κ1) is 19.5. The Morgan fingerprint density at radius 3 is 2.78 bits per heavy atom. The second kappa shape index (κ2) is 8.59. The van der Waals surface area contributed by atoms with Crippen molar-refractivity contribution in [3.8, 4) is 11.5 Å². The van der Waals surface area contributed by atoms with Crippen LogP contribution in [0, 0.1) is 6.92 Å². The second-order valence-electron chi connectivity index (χ2n) is 5.93. The van der Waals surface area contributed by atoms with Gasteiger partial charge in [-0.3, -0.25) is 4.79 Å². The Morgan fingerprint density at radius 1 is 1.26 bits per heavy atom. The van der Waals surface area contributed by atoms with Gasteiger partial charge in [0.1, 0.15) is 0 Å². The Hall–Kier alpha value is -2.31. The summed E-state index contributed by atoms with van der Waals surface area (Å²) in [5.74, 6) is 1.21. The van der Waals surface area contributed by atoms with Crippen LogP contribution in [0.5, 0.6) is 11.5 Å². The molecule has 2 aromatic carbocycles. The SMILES string of the molecule is CCOc1ccc(/C=C2\SC(Nc3ccc(Cl)cc3C)NC2=O)cc1OC. The molecule has 1 heterocycles. The number of hydrogen-bond donors (Lipinski definition) is 2. The Labute approximate surface area is 168 Å². The summed E-state index contributed by atoms with van der Waals surface area (Å²) < 4.78 is 10.9. The van der Waals surface area contributed by atoms with E-state index in [4.69, 9.17) is 21.1 Å². The predicted molar refractivity (Wildman–Crippen MR) is 111 cm³/mol. The first-order chi connectivity index (χ1) is 13.0. The Kier molecular flexibility index (Phi) is 6.19. The van der Waals surface area contributed by atoms with Gasteiger partial charge in [0, 0.05) is 10.7 Å². The molecular weight excluding hydrogens is 384 g/mol. The van der Waals surface area contributed by atoms with Gasteiger partial charge in [-0.2, -0.15) is 0 Å². The zero-order valence-corrected chi connectivity index (χ0v) is 16.9. The summed E-state index contributed by atoms with van der Waals surface area (Å²) in [5, 5.41) is 6.93. The minimum atomic E-state index is -0.242. The molecular formula is C20H21ClN2O3S. The number of benzene rings is 2. The molecule has 1 amide bonds. The van der Waals surface area contributed by atoms with Crippen molar-refractivity contribution in [3.05, 3.63) is 57.5 Å². The van der Waals surface area contributed by atoms with Crippen molar-refractivity contribution in [3.63, 3.8) is 0 Å². The van der Waals surface area contributed by atoms with Crippen LogP contribution in [0.3, 0.4) is 0 Å². The fourth-order valence-electron chi connectivity index (χ4n) is 2.70. The predicted octanol–water partition coefficient (Wildman–Crippen LogP) is 4.66. The average Bonchev–Trinajstić information content (AvgIpc) is 2.98. The quantitative estimate of drug-likeness (QED) is 0.686. The van der Waals surface area contributed by atoms with Crippen LogP contribution in [0.1, 0.15) is 18.1 Å². The number of thioether (sulfide) groups is 1. The van der Waals surface area contributed by atoms with Crippen molar-refractivity contribution < 1.29 is 14.3 Å². The zero-order valence-electron chi connectivity index (χ0n) is 15.3. The maximum absolute atomic E-state index is 12.3. The van der Waals surface area contributed by atoms with E-state index in [0.29, 0.717) is 28.0 Å². The topological polar surface area (TPSA) is 59.6 Å². The Balaban J connectivity index is 1.75. The van der Waals surface area contributed by atoms with Gasteiger partial charge in [-0.05, 0) is 61.4 Å². The zero-order chi connectivity index (χ0) is 19.4. The number of rotatable bonds is 6. The molecule has 1 aliphatic heterocycles. The van der Waals surface area contributed by atoms with Gasteiger partial charge in [-0.15, -0.1) is 0 Å². The van der Waals surface area contributed by atoms with Gasteiger partial charge in [0.15, 0.2) is 17.0 Å². The number of hydrogen-bond acceptors (Lipinski definition) is 5. The van der Waals surface area contributed by atoms with Crippen LogP contribution in [0.2, 0.25) is 5.02 Å². The maximum atomic E-state index is 12.3. The van der Waals surface area contributed by atoms with E-state index in [-0.39, 0.29) is 11.4 Å². The number of nitrogens with one attached hydrogen (secondary N) is 2. The summed E-state index contributed by atoms with van der Waals surface area (Å²) in [5.41, 5.74) is 2.58. The number of halogens is 1. The van der Waals surface area contributed by atoms with Crippen molar-refractivity contribution in [1.82, 2.24) is 5.32 Å². The minimum Gasteiger partial charge on any atom is -0.493 e. The van der Waals surface area contributed by atoms with E-state index in [2.05, 4.69) is 10.6 Å². The van der Waals surface area contributed by atoms with Gasteiger partial charge in [-0.25, -0.2) is 0 Å². The van der Waals surface area contributed by atoms with Crippen LogP contribution in [-0.4, -0.2) is 25.1 Å². The Bertz CT molecular complexity index is 886. The van der Waals surface area contributed by atoms with E-state index < -0.39 is 0 Å². The third-order valence-electron chi connectivity index (χ3n) is 3.99.